The zero-order chi connectivity index (χ0) is 16.9. The van der Waals surface area contributed by atoms with Gasteiger partial charge in [0.25, 0.3) is 0 Å². The summed E-state index contributed by atoms with van der Waals surface area (Å²) in [6.45, 7) is 3.00. The maximum absolute atomic E-state index is 12.5. The summed E-state index contributed by atoms with van der Waals surface area (Å²) < 4.78 is 9.49. The third-order valence-electron chi connectivity index (χ3n) is 4.19. The smallest absolute Gasteiger partial charge is 0.357 e. The van der Waals surface area contributed by atoms with E-state index in [1.54, 1.807) is 0 Å². The monoisotopic (exact) mass is 323 g/mol. The second-order valence-electron chi connectivity index (χ2n) is 6.03. The summed E-state index contributed by atoms with van der Waals surface area (Å²) in [6.07, 6.45) is 6.29. The van der Waals surface area contributed by atoms with Crippen LogP contribution in [-0.4, -0.2) is 10.5 Å². The average Bonchev–Trinajstić information content (AvgIpc) is 2.93. The molecule has 0 aliphatic heterocycles. The molecule has 24 heavy (non-hydrogen) atoms. The number of benzene rings is 2. The number of carbonyl (C=O) groups excluding carboxylic acids is 1. The highest BCUT2D eigenvalue weighted by Gasteiger charge is 2.20. The molecule has 0 bridgehead atoms. The highest BCUT2D eigenvalue weighted by Crippen LogP contribution is 2.19. The molecule has 0 spiro atoms. The molecule has 0 N–H and O–H groups in total. The zero-order valence-electron chi connectivity index (χ0n) is 14.2. The predicted octanol–water partition coefficient (Wildman–Crippen LogP) is 3.41. The zero-order valence-corrected chi connectivity index (χ0v) is 14.2. The van der Waals surface area contributed by atoms with Gasteiger partial charge in [0.05, 0.1) is 20.0 Å². The Morgan fingerprint density at radius 1 is 1.17 bits per heavy atom. The molecule has 0 unspecified atom stereocenters. The Kier molecular flexibility index (Phi) is 4.94. The summed E-state index contributed by atoms with van der Waals surface area (Å²) in [4.78, 5) is 12.5. The van der Waals surface area contributed by atoms with Crippen LogP contribution in [0.1, 0.15) is 25.3 Å². The predicted molar refractivity (Wildman–Crippen MR) is 93.8 cm³/mol. The van der Waals surface area contributed by atoms with Gasteiger partial charge in [-0.15, -0.1) is 0 Å². The number of fused-ring (bicyclic) bond motifs is 1. The summed E-state index contributed by atoms with van der Waals surface area (Å²) in [5.41, 5.74) is 0.993. The number of unbranched alkanes of at least 4 members (excludes halogenated alkanes) is 1. The molecule has 0 amide bonds. The fourth-order valence-electron chi connectivity index (χ4n) is 2.88. The highest BCUT2D eigenvalue weighted by atomic mass is 16.6. The van der Waals surface area contributed by atoms with Crippen molar-refractivity contribution < 1.29 is 14.1 Å². The van der Waals surface area contributed by atoms with Crippen molar-refractivity contribution in [3.63, 3.8) is 0 Å². The van der Waals surface area contributed by atoms with Crippen molar-refractivity contribution in [3.05, 3.63) is 60.4 Å². The lowest BCUT2D eigenvalue weighted by molar-refractivity contribution is -0.675. The van der Waals surface area contributed by atoms with Crippen molar-refractivity contribution in [1.29, 1.82) is 0 Å². The topological polar surface area (TPSA) is 35.1 Å². The van der Waals surface area contributed by atoms with Crippen molar-refractivity contribution in [1.82, 2.24) is 4.57 Å². The van der Waals surface area contributed by atoms with Gasteiger partial charge in [-0.05, 0) is 22.8 Å². The normalized spacial score (nSPS) is 10.9. The minimum Gasteiger partial charge on any atom is -0.357 e. The Balaban J connectivity index is 1.77. The summed E-state index contributed by atoms with van der Waals surface area (Å²) in [5.74, 6) is -0.238. The number of rotatable bonds is 6. The lowest BCUT2D eigenvalue weighted by Crippen LogP contribution is -2.31. The van der Waals surface area contributed by atoms with E-state index < -0.39 is 0 Å². The van der Waals surface area contributed by atoms with Crippen LogP contribution >= 0.6 is 0 Å². The average molecular weight is 323 g/mol. The number of ether oxygens (including phenoxy) is 1. The first-order valence-electron chi connectivity index (χ1n) is 8.41. The number of carbonyl (C=O) groups is 1. The van der Waals surface area contributed by atoms with Crippen molar-refractivity contribution in [2.45, 2.75) is 32.7 Å². The van der Waals surface area contributed by atoms with Crippen LogP contribution in [0, 0.1) is 0 Å². The molecular formula is C20H23N2O2+. The molecule has 0 radical (unpaired) electrons. The molecule has 4 nitrogen and oxygen atoms in total. The number of aromatic nitrogens is 2. The molecule has 3 aromatic rings. The Labute approximate surface area is 142 Å². The van der Waals surface area contributed by atoms with E-state index in [-0.39, 0.29) is 12.4 Å². The Bertz CT molecular complexity index is 846. The molecule has 124 valence electrons. The van der Waals surface area contributed by atoms with E-state index in [9.17, 15) is 4.79 Å². The maximum Gasteiger partial charge on any atom is 0.463 e. The van der Waals surface area contributed by atoms with Crippen LogP contribution in [0.3, 0.4) is 0 Å². The van der Waals surface area contributed by atoms with E-state index in [0.29, 0.717) is 6.01 Å². The van der Waals surface area contributed by atoms with Crippen molar-refractivity contribution in [2.24, 2.45) is 7.05 Å². The van der Waals surface area contributed by atoms with Crippen LogP contribution in [-0.2, 0) is 24.8 Å². The number of esters is 1. The van der Waals surface area contributed by atoms with Crippen LogP contribution in [0.2, 0.25) is 0 Å². The summed E-state index contributed by atoms with van der Waals surface area (Å²) in [7, 11) is 1.89. The molecule has 0 saturated carbocycles. The van der Waals surface area contributed by atoms with Crippen molar-refractivity contribution in [2.75, 3.05) is 0 Å². The highest BCUT2D eigenvalue weighted by molar-refractivity contribution is 5.89. The van der Waals surface area contributed by atoms with E-state index in [0.717, 1.165) is 35.7 Å². The Morgan fingerprint density at radius 2 is 1.96 bits per heavy atom. The van der Waals surface area contributed by atoms with Gasteiger partial charge in [-0.2, -0.15) is 9.13 Å². The number of imidazole rings is 1. The molecular weight excluding hydrogens is 300 g/mol. The third kappa shape index (κ3) is 3.48. The van der Waals surface area contributed by atoms with Gasteiger partial charge in [0.15, 0.2) is 0 Å². The van der Waals surface area contributed by atoms with Crippen LogP contribution in [0.25, 0.3) is 10.8 Å². The second-order valence-corrected chi connectivity index (χ2v) is 6.03. The summed E-state index contributed by atoms with van der Waals surface area (Å²) in [5, 5.41) is 2.24. The number of nitrogens with zero attached hydrogens (tertiary/aromatic N) is 2. The summed E-state index contributed by atoms with van der Waals surface area (Å²) >= 11 is 0. The second kappa shape index (κ2) is 7.30. The quantitative estimate of drug-likeness (QED) is 0.515. The van der Waals surface area contributed by atoms with Crippen LogP contribution in [0.5, 0.6) is 6.01 Å². The molecule has 4 heteroatoms. The molecule has 0 saturated heterocycles. The molecule has 0 atom stereocenters. The van der Waals surface area contributed by atoms with Crippen LogP contribution < -0.4 is 9.30 Å². The van der Waals surface area contributed by atoms with Gasteiger partial charge in [-0.3, -0.25) is 4.79 Å². The van der Waals surface area contributed by atoms with Gasteiger partial charge in [0, 0.05) is 0 Å². The van der Waals surface area contributed by atoms with E-state index in [1.165, 1.54) is 0 Å². The first-order chi connectivity index (χ1) is 11.7. The first kappa shape index (κ1) is 16.2. The molecule has 1 heterocycles. The molecule has 2 aromatic carbocycles. The first-order valence-corrected chi connectivity index (χ1v) is 8.41. The largest absolute Gasteiger partial charge is 0.463 e. The number of hydrogen-bond acceptors (Lipinski definition) is 2. The van der Waals surface area contributed by atoms with Gasteiger partial charge in [-0.25, -0.2) is 0 Å². The van der Waals surface area contributed by atoms with Gasteiger partial charge in [-0.1, -0.05) is 55.8 Å². The standard InChI is InChI=1S/C20H23N2O2/c1-3-4-12-22-14-13-21(2)20(22)24-19(23)15-17-10-7-9-16-8-5-6-11-18(16)17/h5-11,13-14H,3-4,12,15H2,1-2H3/q+1. The lowest BCUT2D eigenvalue weighted by Gasteiger charge is -2.06. The molecule has 0 aliphatic rings. The molecule has 1 aromatic heterocycles. The van der Waals surface area contributed by atoms with E-state index in [4.69, 9.17) is 4.74 Å². The van der Waals surface area contributed by atoms with Gasteiger partial charge >= 0.3 is 12.0 Å². The molecule has 3 rings (SSSR count). The van der Waals surface area contributed by atoms with E-state index in [1.807, 2.05) is 58.9 Å². The lowest BCUT2D eigenvalue weighted by atomic mass is 10.0. The van der Waals surface area contributed by atoms with Crippen LogP contribution in [0.15, 0.2) is 54.9 Å². The van der Waals surface area contributed by atoms with Gasteiger partial charge < -0.3 is 4.74 Å². The minimum absolute atomic E-state index is 0.238. The SMILES string of the molecule is CCCCn1cc[n+](C)c1OC(=O)Cc1cccc2ccccc12. The molecule has 0 fully saturated rings. The van der Waals surface area contributed by atoms with Crippen LogP contribution in [0.4, 0.5) is 0 Å². The van der Waals surface area contributed by atoms with Crippen molar-refractivity contribution in [3.8, 4) is 6.01 Å². The number of hydrogen-bond donors (Lipinski definition) is 0. The Morgan fingerprint density at radius 3 is 2.79 bits per heavy atom. The number of aryl methyl sites for hydroxylation is 2. The van der Waals surface area contributed by atoms with E-state index in [2.05, 4.69) is 19.1 Å². The Hall–Kier alpha value is -2.62. The minimum atomic E-state index is -0.238. The molecule has 0 aliphatic carbocycles. The fraction of sp³-hybridized carbons (Fsp3) is 0.300. The van der Waals surface area contributed by atoms with Crippen molar-refractivity contribution >= 4 is 16.7 Å². The third-order valence-corrected chi connectivity index (χ3v) is 4.19. The van der Waals surface area contributed by atoms with Gasteiger partial charge in [0.1, 0.15) is 12.4 Å². The van der Waals surface area contributed by atoms with E-state index >= 15 is 0 Å². The maximum atomic E-state index is 12.5. The summed E-state index contributed by atoms with van der Waals surface area (Å²) in [6, 6.07) is 14.7. The fourth-order valence-corrected chi connectivity index (χ4v) is 2.88. The van der Waals surface area contributed by atoms with Gasteiger partial charge in [0.2, 0.25) is 0 Å².